The first-order chi connectivity index (χ1) is 37.7. The van der Waals surface area contributed by atoms with Crippen molar-refractivity contribution in [3.8, 4) is 28.8 Å². The van der Waals surface area contributed by atoms with E-state index in [9.17, 15) is 11.8 Å². The molecule has 11 aromatic carbocycles. The van der Waals surface area contributed by atoms with Gasteiger partial charge in [-0.15, -0.1) is 0 Å². The van der Waals surface area contributed by atoms with E-state index in [1.54, 1.807) is 0 Å². The summed E-state index contributed by atoms with van der Waals surface area (Å²) in [5, 5.41) is 24.5. The first kappa shape index (κ1) is 40.8. The molecule has 0 unspecified atom stereocenters. The molecule has 0 radical (unpaired) electrons. The zero-order valence-corrected chi connectivity index (χ0v) is 40.3. The van der Waals surface area contributed by atoms with E-state index in [2.05, 4.69) is 211 Å². The van der Waals surface area contributed by atoms with Crippen LogP contribution in [0.15, 0.2) is 227 Å². The van der Waals surface area contributed by atoms with Crippen LogP contribution in [0.2, 0.25) is 0 Å². The highest BCUT2D eigenvalue weighted by Crippen LogP contribution is 2.53. The molecule has 350 valence electrons. The highest BCUT2D eigenvalue weighted by atomic mass is 16.3. The van der Waals surface area contributed by atoms with Crippen molar-refractivity contribution in [1.82, 2.24) is 18.3 Å². The van der Waals surface area contributed by atoms with Crippen LogP contribution in [0.25, 0.3) is 159 Å². The first-order valence-electron chi connectivity index (χ1n) is 25.4. The second-order valence-corrected chi connectivity index (χ2v) is 19.7. The van der Waals surface area contributed by atoms with Crippen LogP contribution in [0, 0.1) is 17.9 Å². The molecule has 0 amide bonds. The standard InChI is InChI=1S/C68H36N6O2/c1-70-62-49(38-69)65(73-54-30-14-6-22-43(54)45-34-36-58-60(63(45)73)47-24-8-16-32-56(47)75-58)67(71-50-26-10-2-18-39(50)40-19-3-11-27-51(40)71)68(72-52-28-12-4-20-41(52)42-21-5-13-29-53(42)72)66(62)74-55-31-15-7-23-44(55)46-35-37-59-61(64(46)74)48-25-9-17-33-57(48)76-59/h2-37H. The van der Waals surface area contributed by atoms with Crippen LogP contribution in [-0.2, 0) is 0 Å². The normalized spacial score (nSPS) is 12.2. The number of nitriles is 1. The number of benzene rings is 11. The van der Waals surface area contributed by atoms with Crippen LogP contribution in [0.5, 0.6) is 0 Å². The Labute approximate surface area is 431 Å². The minimum Gasteiger partial charge on any atom is -0.456 e. The molecule has 0 fully saturated rings. The van der Waals surface area contributed by atoms with Gasteiger partial charge >= 0.3 is 0 Å². The fourth-order valence-electron chi connectivity index (χ4n) is 13.1. The lowest BCUT2D eigenvalue weighted by Crippen LogP contribution is -2.15. The van der Waals surface area contributed by atoms with Gasteiger partial charge in [0.1, 0.15) is 22.3 Å². The zero-order chi connectivity index (χ0) is 49.9. The highest BCUT2D eigenvalue weighted by molar-refractivity contribution is 6.27. The Morgan fingerprint density at radius 1 is 0.316 bits per heavy atom. The first-order valence-corrected chi connectivity index (χ1v) is 25.4. The zero-order valence-electron chi connectivity index (χ0n) is 40.3. The molecular weight excluding hydrogens is 933 g/mol. The van der Waals surface area contributed by atoms with E-state index in [4.69, 9.17) is 8.83 Å². The van der Waals surface area contributed by atoms with Crippen molar-refractivity contribution in [3.63, 3.8) is 0 Å². The van der Waals surface area contributed by atoms with Crippen molar-refractivity contribution in [1.29, 1.82) is 5.26 Å². The molecule has 17 rings (SSSR count). The molecule has 76 heavy (non-hydrogen) atoms. The maximum Gasteiger partial charge on any atom is 0.232 e. The summed E-state index contributed by atoms with van der Waals surface area (Å²) in [5.74, 6) is 0. The summed E-state index contributed by atoms with van der Waals surface area (Å²) in [6.45, 7) is 9.73. The molecule has 0 aliphatic rings. The van der Waals surface area contributed by atoms with Gasteiger partial charge in [0.15, 0.2) is 0 Å². The Hall–Kier alpha value is -10.8. The Kier molecular flexibility index (Phi) is 7.99. The average molecular weight is 969 g/mol. The molecular formula is C68H36N6O2. The minimum atomic E-state index is 0.210. The number of fused-ring (bicyclic) bond motifs is 20. The third kappa shape index (κ3) is 5.09. The summed E-state index contributed by atoms with van der Waals surface area (Å²) < 4.78 is 22.7. The van der Waals surface area contributed by atoms with Gasteiger partial charge in [-0.1, -0.05) is 146 Å². The summed E-state index contributed by atoms with van der Waals surface area (Å²) in [6, 6.07) is 78.6. The van der Waals surface area contributed by atoms with Gasteiger partial charge in [0.25, 0.3) is 0 Å². The lowest BCUT2D eigenvalue weighted by molar-refractivity contribution is 0.669. The van der Waals surface area contributed by atoms with E-state index >= 15 is 0 Å². The number of hydrogen-bond donors (Lipinski definition) is 0. The molecule has 0 atom stereocenters. The second kappa shape index (κ2) is 14.9. The van der Waals surface area contributed by atoms with E-state index in [1.807, 2.05) is 36.4 Å². The molecule has 0 bridgehead atoms. The van der Waals surface area contributed by atoms with Gasteiger partial charge in [-0.25, -0.2) is 4.85 Å². The van der Waals surface area contributed by atoms with Gasteiger partial charge < -0.3 is 27.1 Å². The third-order valence-corrected chi connectivity index (χ3v) is 16.0. The Bertz CT molecular complexity index is 5070. The minimum absolute atomic E-state index is 0.210. The summed E-state index contributed by atoms with van der Waals surface area (Å²) in [7, 11) is 0. The number of furan rings is 2. The fourth-order valence-corrected chi connectivity index (χ4v) is 13.1. The average Bonchev–Trinajstić information content (AvgIpc) is 4.28. The molecule has 0 aliphatic heterocycles. The fraction of sp³-hybridized carbons (Fsp3) is 0. The summed E-state index contributed by atoms with van der Waals surface area (Å²) in [6.07, 6.45) is 0. The Morgan fingerprint density at radius 2 is 0.632 bits per heavy atom. The smallest absolute Gasteiger partial charge is 0.232 e. The number of para-hydroxylation sites is 8. The molecule has 8 nitrogen and oxygen atoms in total. The SMILES string of the molecule is [C-]#[N+]c1c(C#N)c(-n2c3ccccc3c3ccc4oc5ccccc5c4c32)c(-n2c3ccccc3c3ccccc32)c(-n2c3ccccc3c3ccccc32)c1-n1c2ccccc2c2ccc3oc4ccccc4c3c21. The lowest BCUT2D eigenvalue weighted by atomic mass is 10.0. The van der Waals surface area contributed by atoms with Gasteiger partial charge in [0.2, 0.25) is 5.69 Å². The number of nitrogens with zero attached hydrogens (tertiary/aromatic N) is 6. The summed E-state index contributed by atoms with van der Waals surface area (Å²) in [4.78, 5) is 4.68. The van der Waals surface area contributed by atoms with Crippen molar-refractivity contribution in [2.75, 3.05) is 0 Å². The maximum absolute atomic E-state index is 12.5. The van der Waals surface area contributed by atoms with Crippen molar-refractivity contribution in [2.24, 2.45) is 0 Å². The molecule has 6 heterocycles. The van der Waals surface area contributed by atoms with Gasteiger partial charge in [-0.2, -0.15) is 5.26 Å². The highest BCUT2D eigenvalue weighted by Gasteiger charge is 2.36. The lowest BCUT2D eigenvalue weighted by Gasteiger charge is -2.28. The molecule has 0 saturated heterocycles. The van der Waals surface area contributed by atoms with Crippen LogP contribution < -0.4 is 0 Å². The van der Waals surface area contributed by atoms with Crippen molar-refractivity contribution in [3.05, 3.63) is 235 Å². The van der Waals surface area contributed by atoms with E-state index in [-0.39, 0.29) is 11.3 Å². The van der Waals surface area contributed by atoms with E-state index in [1.165, 1.54) is 0 Å². The molecule has 6 aromatic heterocycles. The van der Waals surface area contributed by atoms with Gasteiger partial charge in [0.05, 0.1) is 95.9 Å². The molecule has 0 spiro atoms. The Balaban J connectivity index is 1.24. The van der Waals surface area contributed by atoms with Crippen LogP contribution >= 0.6 is 0 Å². The predicted octanol–water partition coefficient (Wildman–Crippen LogP) is 18.3. The van der Waals surface area contributed by atoms with E-state index < -0.39 is 0 Å². The number of hydrogen-bond acceptors (Lipinski definition) is 3. The monoisotopic (exact) mass is 968 g/mol. The maximum atomic E-state index is 12.5. The largest absolute Gasteiger partial charge is 0.456 e. The van der Waals surface area contributed by atoms with Crippen LogP contribution in [0.4, 0.5) is 5.69 Å². The van der Waals surface area contributed by atoms with Crippen molar-refractivity contribution in [2.45, 2.75) is 0 Å². The summed E-state index contributed by atoms with van der Waals surface area (Å²) in [5.41, 5.74) is 13.3. The number of aromatic nitrogens is 4. The Morgan fingerprint density at radius 3 is 1.01 bits per heavy atom. The van der Waals surface area contributed by atoms with E-state index in [0.717, 1.165) is 142 Å². The molecule has 8 heteroatoms. The molecule has 0 saturated carbocycles. The number of rotatable bonds is 4. The van der Waals surface area contributed by atoms with Crippen LogP contribution in [0.1, 0.15) is 5.56 Å². The van der Waals surface area contributed by atoms with E-state index in [0.29, 0.717) is 11.4 Å². The third-order valence-electron chi connectivity index (χ3n) is 16.0. The van der Waals surface area contributed by atoms with Crippen LogP contribution in [0.3, 0.4) is 0 Å². The second-order valence-electron chi connectivity index (χ2n) is 19.7. The van der Waals surface area contributed by atoms with Crippen LogP contribution in [-0.4, -0.2) is 18.3 Å². The van der Waals surface area contributed by atoms with Crippen molar-refractivity contribution < 1.29 is 8.83 Å². The quantitative estimate of drug-likeness (QED) is 0.165. The van der Waals surface area contributed by atoms with Gasteiger partial charge in [0, 0.05) is 53.9 Å². The molecule has 0 N–H and O–H groups in total. The summed E-state index contributed by atoms with van der Waals surface area (Å²) >= 11 is 0. The van der Waals surface area contributed by atoms with Crippen molar-refractivity contribution >= 4 is 137 Å². The molecule has 0 aliphatic carbocycles. The predicted molar refractivity (Wildman–Crippen MR) is 309 cm³/mol. The van der Waals surface area contributed by atoms with Gasteiger partial charge in [-0.3, -0.25) is 0 Å². The topological polar surface area (TPSA) is 74.2 Å². The molecule has 17 aromatic rings. The van der Waals surface area contributed by atoms with Gasteiger partial charge in [-0.05, 0) is 72.8 Å².